The zero-order valence-electron chi connectivity index (χ0n) is 20.2. The number of ether oxygens (including phenoxy) is 3. The Morgan fingerprint density at radius 1 is 0.694 bits per heavy atom. The van der Waals surface area contributed by atoms with Gasteiger partial charge in [-0.2, -0.15) is 0 Å². The van der Waals surface area contributed by atoms with E-state index in [1.165, 1.54) is 4.90 Å². The molecule has 3 aromatic carbocycles. The number of amides is 1. The van der Waals surface area contributed by atoms with Gasteiger partial charge in [0.1, 0.15) is 18.3 Å². The molecule has 2 N–H and O–H groups in total. The van der Waals surface area contributed by atoms with Crippen LogP contribution in [0.15, 0.2) is 91.0 Å². The maximum atomic E-state index is 13.6. The third-order valence-corrected chi connectivity index (χ3v) is 6.18. The average molecular weight is 492 g/mol. The third-order valence-electron chi connectivity index (χ3n) is 6.18. The van der Waals surface area contributed by atoms with E-state index in [-0.39, 0.29) is 45.4 Å². The summed E-state index contributed by atoms with van der Waals surface area (Å²) in [7, 11) is 0. The minimum atomic E-state index is -1.03. The summed E-state index contributed by atoms with van der Waals surface area (Å²) in [6, 6.07) is 28.9. The molecule has 4 atom stereocenters. The van der Waals surface area contributed by atoms with Crippen molar-refractivity contribution in [3.63, 3.8) is 0 Å². The molecule has 0 spiro atoms. The van der Waals surface area contributed by atoms with Gasteiger partial charge in [-0.15, -0.1) is 0 Å². The Morgan fingerprint density at radius 3 is 1.61 bits per heavy atom. The van der Waals surface area contributed by atoms with E-state index in [2.05, 4.69) is 0 Å². The average Bonchev–Trinajstić information content (AvgIpc) is 3.01. The van der Waals surface area contributed by atoms with Crippen LogP contribution in [0.5, 0.6) is 0 Å². The van der Waals surface area contributed by atoms with E-state index >= 15 is 0 Å². The summed E-state index contributed by atoms with van der Waals surface area (Å²) in [6.45, 7) is 0.522. The molecule has 0 unspecified atom stereocenters. The van der Waals surface area contributed by atoms with Crippen molar-refractivity contribution in [2.24, 2.45) is 0 Å². The van der Waals surface area contributed by atoms with E-state index in [9.17, 15) is 15.0 Å². The first-order valence-electron chi connectivity index (χ1n) is 12.2. The van der Waals surface area contributed by atoms with E-state index in [1.54, 1.807) is 0 Å². The molecular formula is C29H33NO6. The van der Waals surface area contributed by atoms with Gasteiger partial charge in [-0.25, -0.2) is 0 Å². The molecule has 1 aliphatic rings. The molecule has 1 fully saturated rings. The molecule has 1 aliphatic heterocycles. The van der Waals surface area contributed by atoms with Gasteiger partial charge in [0.25, 0.3) is 5.91 Å². The Hall–Kier alpha value is -3.07. The molecule has 7 heteroatoms. The summed E-state index contributed by atoms with van der Waals surface area (Å²) in [5.74, 6) is -0.345. The largest absolute Gasteiger partial charge is 0.395 e. The van der Waals surface area contributed by atoms with Crippen molar-refractivity contribution in [3.8, 4) is 0 Å². The second-order valence-corrected chi connectivity index (χ2v) is 8.81. The van der Waals surface area contributed by atoms with Crippen LogP contribution in [-0.2, 0) is 38.8 Å². The number of hydrogen-bond donors (Lipinski definition) is 2. The Morgan fingerprint density at radius 2 is 1.14 bits per heavy atom. The van der Waals surface area contributed by atoms with Gasteiger partial charge in [-0.05, 0) is 16.7 Å². The number of likely N-dealkylation sites (tertiary alicyclic amines) is 1. The molecule has 3 aromatic rings. The van der Waals surface area contributed by atoms with Gasteiger partial charge < -0.3 is 29.3 Å². The van der Waals surface area contributed by atoms with Crippen LogP contribution in [0.25, 0.3) is 0 Å². The predicted octanol–water partition coefficient (Wildman–Crippen LogP) is 2.94. The molecule has 0 bridgehead atoms. The predicted molar refractivity (Wildman–Crippen MR) is 135 cm³/mol. The van der Waals surface area contributed by atoms with E-state index in [0.717, 1.165) is 16.7 Å². The summed E-state index contributed by atoms with van der Waals surface area (Å²) in [4.78, 5) is 15.0. The van der Waals surface area contributed by atoms with Gasteiger partial charge in [-0.1, -0.05) is 91.0 Å². The monoisotopic (exact) mass is 491 g/mol. The number of β-amino-alcohol motifs (C(OH)–C–C–N with tert-alkyl or cyclic N) is 2. The van der Waals surface area contributed by atoms with Crippen LogP contribution in [0.4, 0.5) is 0 Å². The zero-order chi connectivity index (χ0) is 25.2. The molecule has 0 aliphatic carbocycles. The van der Waals surface area contributed by atoms with Crippen molar-refractivity contribution in [2.45, 2.75) is 44.2 Å². The standard InChI is InChI=1S/C29H33NO6/c31-17-16-30-18-25(32)26(34-19-22-10-4-1-5-11-22)27(35-20-23-12-6-2-7-13-23)28(29(30)33)36-21-24-14-8-3-9-15-24/h1-15,25-28,31-32H,16-21H2/t25-,26-,27+,28+/m1/s1. The lowest BCUT2D eigenvalue weighted by atomic mass is 10.0. The van der Waals surface area contributed by atoms with E-state index in [0.29, 0.717) is 0 Å². The minimum Gasteiger partial charge on any atom is -0.395 e. The van der Waals surface area contributed by atoms with E-state index in [4.69, 9.17) is 14.2 Å². The topological polar surface area (TPSA) is 88.5 Å². The summed E-state index contributed by atoms with van der Waals surface area (Å²) < 4.78 is 18.7. The number of carbonyl (C=O) groups excluding carboxylic acids is 1. The summed E-state index contributed by atoms with van der Waals surface area (Å²) in [5, 5.41) is 20.7. The Labute approximate surface area is 211 Å². The highest BCUT2D eigenvalue weighted by Crippen LogP contribution is 2.25. The van der Waals surface area contributed by atoms with E-state index in [1.807, 2.05) is 91.0 Å². The van der Waals surface area contributed by atoms with Crippen molar-refractivity contribution in [2.75, 3.05) is 19.7 Å². The first-order valence-corrected chi connectivity index (χ1v) is 12.2. The smallest absolute Gasteiger partial charge is 0.254 e. The first-order chi connectivity index (χ1) is 17.7. The Balaban J connectivity index is 1.62. The molecule has 1 amide bonds. The normalized spacial score (nSPS) is 22.4. The number of carbonyl (C=O) groups is 1. The summed E-state index contributed by atoms with van der Waals surface area (Å²) >= 11 is 0. The van der Waals surface area contributed by atoms with Crippen LogP contribution in [0, 0.1) is 0 Å². The first kappa shape index (κ1) is 26.0. The third kappa shape index (κ3) is 7.00. The number of benzene rings is 3. The van der Waals surface area contributed by atoms with Crippen molar-refractivity contribution in [1.29, 1.82) is 0 Å². The SMILES string of the molecule is O=C1[C@@H](OCc2ccccc2)[C@@H](OCc2ccccc2)[C@H](OCc2ccccc2)[C@H](O)CN1CCO. The lowest BCUT2D eigenvalue weighted by Crippen LogP contribution is -2.50. The lowest BCUT2D eigenvalue weighted by Gasteiger charge is -2.32. The lowest BCUT2D eigenvalue weighted by molar-refractivity contribution is -0.178. The quantitative estimate of drug-likeness (QED) is 0.429. The molecule has 190 valence electrons. The zero-order valence-corrected chi connectivity index (χ0v) is 20.2. The van der Waals surface area contributed by atoms with Crippen LogP contribution < -0.4 is 0 Å². The van der Waals surface area contributed by atoms with Gasteiger partial charge in [0.15, 0.2) is 6.10 Å². The summed E-state index contributed by atoms with van der Waals surface area (Å²) in [6.07, 6.45) is -3.76. The summed E-state index contributed by atoms with van der Waals surface area (Å²) in [5.41, 5.74) is 2.78. The van der Waals surface area contributed by atoms with Crippen molar-refractivity contribution in [1.82, 2.24) is 4.90 Å². The highest BCUT2D eigenvalue weighted by atomic mass is 16.6. The second-order valence-electron chi connectivity index (χ2n) is 8.81. The molecule has 36 heavy (non-hydrogen) atoms. The maximum Gasteiger partial charge on any atom is 0.254 e. The fourth-order valence-corrected chi connectivity index (χ4v) is 4.30. The molecule has 1 saturated heterocycles. The number of hydrogen-bond acceptors (Lipinski definition) is 6. The fraction of sp³-hybridized carbons (Fsp3) is 0.345. The highest BCUT2D eigenvalue weighted by molar-refractivity contribution is 5.82. The van der Waals surface area contributed by atoms with Crippen molar-refractivity contribution < 1.29 is 29.2 Å². The highest BCUT2D eigenvalue weighted by Gasteiger charge is 2.46. The maximum absolute atomic E-state index is 13.6. The van der Waals surface area contributed by atoms with Gasteiger partial charge in [0, 0.05) is 13.1 Å². The molecule has 0 saturated carbocycles. The minimum absolute atomic E-state index is 0.00917. The second kappa shape index (κ2) is 13.3. The van der Waals surface area contributed by atoms with Gasteiger partial charge in [0.2, 0.25) is 0 Å². The van der Waals surface area contributed by atoms with Gasteiger partial charge in [0.05, 0.1) is 26.4 Å². The molecule has 0 radical (unpaired) electrons. The van der Waals surface area contributed by atoms with Crippen LogP contribution in [0.1, 0.15) is 16.7 Å². The molecule has 0 aromatic heterocycles. The number of aliphatic hydroxyl groups is 2. The van der Waals surface area contributed by atoms with Crippen molar-refractivity contribution in [3.05, 3.63) is 108 Å². The van der Waals surface area contributed by atoms with Crippen LogP contribution >= 0.6 is 0 Å². The van der Waals surface area contributed by atoms with Crippen LogP contribution in [0.3, 0.4) is 0 Å². The Kier molecular flexibility index (Phi) is 9.61. The molecule has 1 heterocycles. The van der Waals surface area contributed by atoms with Gasteiger partial charge in [-0.3, -0.25) is 4.79 Å². The van der Waals surface area contributed by atoms with Crippen LogP contribution in [0.2, 0.25) is 0 Å². The molecular weight excluding hydrogens is 458 g/mol. The van der Waals surface area contributed by atoms with E-state index < -0.39 is 24.4 Å². The molecule has 7 nitrogen and oxygen atoms in total. The number of rotatable bonds is 11. The van der Waals surface area contributed by atoms with Crippen molar-refractivity contribution >= 4 is 5.91 Å². The fourth-order valence-electron chi connectivity index (χ4n) is 4.30. The molecule has 4 rings (SSSR count). The Bertz CT molecular complexity index is 1050. The number of aliphatic hydroxyl groups excluding tert-OH is 2. The van der Waals surface area contributed by atoms with Crippen LogP contribution in [-0.4, -0.2) is 65.1 Å². The number of nitrogens with zero attached hydrogens (tertiary/aromatic N) is 1. The van der Waals surface area contributed by atoms with Gasteiger partial charge >= 0.3 is 0 Å².